The predicted octanol–water partition coefficient (Wildman–Crippen LogP) is 2.23. The van der Waals surface area contributed by atoms with Crippen molar-refractivity contribution in [3.63, 3.8) is 0 Å². The zero-order valence-corrected chi connectivity index (χ0v) is 13.2. The van der Waals surface area contributed by atoms with Gasteiger partial charge in [-0.05, 0) is 45.6 Å². The van der Waals surface area contributed by atoms with Crippen LogP contribution in [-0.4, -0.2) is 37.2 Å². The van der Waals surface area contributed by atoms with Crippen LogP contribution in [0, 0.1) is 5.41 Å². The molecule has 2 fully saturated rings. The SMILES string of the molecule is CCOC1CC(NCCCC(=O)NC2CC2)C1(C)CC. The van der Waals surface area contributed by atoms with Crippen LogP contribution in [-0.2, 0) is 9.53 Å². The van der Waals surface area contributed by atoms with E-state index < -0.39 is 0 Å². The summed E-state index contributed by atoms with van der Waals surface area (Å²) in [7, 11) is 0. The van der Waals surface area contributed by atoms with E-state index in [1.54, 1.807) is 0 Å². The van der Waals surface area contributed by atoms with Gasteiger partial charge in [0.25, 0.3) is 0 Å². The molecule has 4 heteroatoms. The lowest BCUT2D eigenvalue weighted by molar-refractivity contribution is -0.126. The molecule has 2 saturated carbocycles. The van der Waals surface area contributed by atoms with Gasteiger partial charge in [0.2, 0.25) is 5.91 Å². The molecule has 0 bridgehead atoms. The Kier molecular flexibility index (Phi) is 5.44. The Morgan fingerprint density at radius 2 is 2.10 bits per heavy atom. The van der Waals surface area contributed by atoms with E-state index in [4.69, 9.17) is 4.74 Å². The van der Waals surface area contributed by atoms with Crippen molar-refractivity contribution in [3.8, 4) is 0 Å². The van der Waals surface area contributed by atoms with E-state index in [1.165, 1.54) is 12.8 Å². The highest BCUT2D eigenvalue weighted by Crippen LogP contribution is 2.45. The summed E-state index contributed by atoms with van der Waals surface area (Å²) in [6.45, 7) is 8.35. The molecular weight excluding hydrogens is 252 g/mol. The second-order valence-corrected chi connectivity index (χ2v) is 6.49. The summed E-state index contributed by atoms with van der Waals surface area (Å²) in [5.74, 6) is 0.216. The molecule has 2 N–H and O–H groups in total. The van der Waals surface area contributed by atoms with Gasteiger partial charge in [-0.2, -0.15) is 0 Å². The van der Waals surface area contributed by atoms with E-state index >= 15 is 0 Å². The van der Waals surface area contributed by atoms with Crippen molar-refractivity contribution in [2.45, 2.75) is 77.5 Å². The minimum atomic E-state index is 0.216. The maximum atomic E-state index is 11.6. The van der Waals surface area contributed by atoms with E-state index in [0.717, 1.165) is 32.4 Å². The highest BCUT2D eigenvalue weighted by Gasteiger charge is 2.50. The quantitative estimate of drug-likeness (QED) is 0.638. The summed E-state index contributed by atoms with van der Waals surface area (Å²) in [6, 6.07) is 1.02. The molecule has 20 heavy (non-hydrogen) atoms. The van der Waals surface area contributed by atoms with Crippen LogP contribution in [0.1, 0.15) is 59.3 Å². The van der Waals surface area contributed by atoms with Crippen molar-refractivity contribution < 1.29 is 9.53 Å². The predicted molar refractivity (Wildman–Crippen MR) is 80.6 cm³/mol. The van der Waals surface area contributed by atoms with E-state index in [2.05, 4.69) is 31.4 Å². The first-order valence-electron chi connectivity index (χ1n) is 8.24. The third-order valence-corrected chi connectivity index (χ3v) is 5.02. The van der Waals surface area contributed by atoms with Crippen LogP contribution in [0.4, 0.5) is 0 Å². The molecule has 0 aromatic heterocycles. The van der Waals surface area contributed by atoms with Crippen LogP contribution in [0.2, 0.25) is 0 Å². The molecule has 0 aromatic rings. The molecule has 1 amide bonds. The standard InChI is InChI=1S/C16H30N2O2/c1-4-16(3)13(11-14(16)20-5-2)17-10-6-7-15(19)18-12-8-9-12/h12-14,17H,4-11H2,1-3H3,(H,18,19). The van der Waals surface area contributed by atoms with Crippen LogP contribution in [0.5, 0.6) is 0 Å². The Balaban J connectivity index is 1.60. The van der Waals surface area contributed by atoms with Gasteiger partial charge >= 0.3 is 0 Å². The second-order valence-electron chi connectivity index (χ2n) is 6.49. The minimum absolute atomic E-state index is 0.216. The summed E-state index contributed by atoms with van der Waals surface area (Å²) in [5, 5.41) is 6.65. The Labute approximate surface area is 123 Å². The summed E-state index contributed by atoms with van der Waals surface area (Å²) in [4.78, 5) is 11.6. The van der Waals surface area contributed by atoms with E-state index in [1.807, 2.05) is 0 Å². The van der Waals surface area contributed by atoms with Crippen LogP contribution < -0.4 is 10.6 Å². The number of rotatable bonds is 9. The van der Waals surface area contributed by atoms with Gasteiger partial charge in [0.15, 0.2) is 0 Å². The molecule has 2 aliphatic carbocycles. The zero-order valence-electron chi connectivity index (χ0n) is 13.2. The first-order chi connectivity index (χ1) is 9.60. The largest absolute Gasteiger partial charge is 0.378 e. The zero-order chi connectivity index (χ0) is 14.6. The molecule has 2 aliphatic rings. The summed E-state index contributed by atoms with van der Waals surface area (Å²) < 4.78 is 5.81. The lowest BCUT2D eigenvalue weighted by Gasteiger charge is -2.53. The molecule has 0 saturated heterocycles. The molecule has 116 valence electrons. The fourth-order valence-corrected chi connectivity index (χ4v) is 3.12. The van der Waals surface area contributed by atoms with Crippen LogP contribution >= 0.6 is 0 Å². The van der Waals surface area contributed by atoms with Crippen LogP contribution in [0.15, 0.2) is 0 Å². The van der Waals surface area contributed by atoms with Crippen molar-refractivity contribution in [2.75, 3.05) is 13.2 Å². The Hall–Kier alpha value is -0.610. The number of ether oxygens (including phenoxy) is 1. The molecule has 2 rings (SSSR count). The Bertz CT molecular complexity index is 330. The van der Waals surface area contributed by atoms with Crippen molar-refractivity contribution >= 4 is 5.91 Å². The summed E-state index contributed by atoms with van der Waals surface area (Å²) in [6.07, 6.45) is 6.54. The fourth-order valence-electron chi connectivity index (χ4n) is 3.12. The topological polar surface area (TPSA) is 50.4 Å². The maximum absolute atomic E-state index is 11.6. The first kappa shape index (κ1) is 15.8. The Morgan fingerprint density at radius 1 is 1.35 bits per heavy atom. The van der Waals surface area contributed by atoms with Gasteiger partial charge in [-0.25, -0.2) is 0 Å². The molecule has 0 aliphatic heterocycles. The highest BCUT2D eigenvalue weighted by molar-refractivity contribution is 5.76. The van der Waals surface area contributed by atoms with Gasteiger partial charge < -0.3 is 15.4 Å². The lowest BCUT2D eigenvalue weighted by Crippen LogP contribution is -2.62. The Morgan fingerprint density at radius 3 is 2.70 bits per heavy atom. The monoisotopic (exact) mass is 282 g/mol. The summed E-state index contributed by atoms with van der Waals surface area (Å²) in [5.41, 5.74) is 0.256. The third-order valence-electron chi connectivity index (χ3n) is 5.02. The van der Waals surface area contributed by atoms with Gasteiger partial charge in [-0.3, -0.25) is 4.79 Å². The molecular formula is C16H30N2O2. The third kappa shape index (κ3) is 3.73. The number of hydrogen-bond acceptors (Lipinski definition) is 3. The van der Waals surface area contributed by atoms with E-state index in [9.17, 15) is 4.79 Å². The number of nitrogens with one attached hydrogen (secondary N) is 2. The second kappa shape index (κ2) is 6.90. The normalized spacial score (nSPS) is 32.8. The number of amides is 1. The van der Waals surface area contributed by atoms with E-state index in [0.29, 0.717) is 24.6 Å². The molecule has 3 unspecified atom stereocenters. The average molecular weight is 282 g/mol. The smallest absolute Gasteiger partial charge is 0.220 e. The maximum Gasteiger partial charge on any atom is 0.220 e. The molecule has 0 radical (unpaired) electrons. The van der Waals surface area contributed by atoms with Crippen molar-refractivity contribution in [1.82, 2.24) is 10.6 Å². The first-order valence-corrected chi connectivity index (χ1v) is 8.24. The molecule has 4 nitrogen and oxygen atoms in total. The van der Waals surface area contributed by atoms with Crippen molar-refractivity contribution in [2.24, 2.45) is 5.41 Å². The number of carbonyl (C=O) groups is 1. The highest BCUT2D eigenvalue weighted by atomic mass is 16.5. The van der Waals surface area contributed by atoms with E-state index in [-0.39, 0.29) is 11.3 Å². The molecule has 0 spiro atoms. The average Bonchev–Trinajstić information content (AvgIpc) is 3.23. The van der Waals surface area contributed by atoms with Crippen molar-refractivity contribution in [1.29, 1.82) is 0 Å². The molecule has 0 aromatic carbocycles. The van der Waals surface area contributed by atoms with Gasteiger partial charge in [-0.15, -0.1) is 0 Å². The lowest BCUT2D eigenvalue weighted by atomic mass is 9.61. The minimum Gasteiger partial charge on any atom is -0.378 e. The molecule has 3 atom stereocenters. The van der Waals surface area contributed by atoms with Gasteiger partial charge in [0.1, 0.15) is 0 Å². The van der Waals surface area contributed by atoms with Gasteiger partial charge in [-0.1, -0.05) is 13.8 Å². The number of carbonyl (C=O) groups excluding carboxylic acids is 1. The van der Waals surface area contributed by atoms with Crippen LogP contribution in [0.25, 0.3) is 0 Å². The summed E-state index contributed by atoms with van der Waals surface area (Å²) >= 11 is 0. The van der Waals surface area contributed by atoms with Crippen molar-refractivity contribution in [3.05, 3.63) is 0 Å². The van der Waals surface area contributed by atoms with Gasteiger partial charge in [0.05, 0.1) is 6.10 Å². The molecule has 0 heterocycles. The van der Waals surface area contributed by atoms with Crippen LogP contribution in [0.3, 0.4) is 0 Å². The number of hydrogen-bond donors (Lipinski definition) is 2. The fraction of sp³-hybridized carbons (Fsp3) is 0.938. The van der Waals surface area contributed by atoms with Gasteiger partial charge in [0, 0.05) is 30.5 Å².